The Hall–Kier alpha value is -6.80. The van der Waals surface area contributed by atoms with Crippen LogP contribution in [0.25, 0.3) is 20.5 Å². The van der Waals surface area contributed by atoms with Gasteiger partial charge in [-0.3, -0.25) is 38.1 Å². The van der Waals surface area contributed by atoms with Crippen molar-refractivity contribution in [2.75, 3.05) is 37.6 Å². The maximum absolute atomic E-state index is 14.6. The van der Waals surface area contributed by atoms with Gasteiger partial charge in [0.2, 0.25) is 35.4 Å². The number of fused-ring (bicyclic) bond motifs is 1. The first-order valence-electron chi connectivity index (χ1n) is 31.9. The fraction of sp³-hybridized carbons (Fsp3) is 0.507. The first-order valence-corrected chi connectivity index (χ1v) is 36.0. The van der Waals surface area contributed by atoms with E-state index in [2.05, 4.69) is 47.3 Å². The van der Waals surface area contributed by atoms with Gasteiger partial charge in [0.1, 0.15) is 29.8 Å². The second-order valence-electron chi connectivity index (χ2n) is 25.8. The van der Waals surface area contributed by atoms with Gasteiger partial charge in [-0.15, -0.1) is 22.7 Å². The van der Waals surface area contributed by atoms with Gasteiger partial charge in [-0.25, -0.2) is 4.98 Å². The van der Waals surface area contributed by atoms with Crippen LogP contribution < -0.4 is 26.2 Å². The zero-order valence-electron chi connectivity index (χ0n) is 54.0. The van der Waals surface area contributed by atoms with Gasteiger partial charge in [0, 0.05) is 72.1 Å². The second kappa shape index (κ2) is 32.3. The van der Waals surface area contributed by atoms with Crippen LogP contribution in [0.1, 0.15) is 168 Å². The number of alkyl halides is 2. The zero-order chi connectivity index (χ0) is 68.2. The van der Waals surface area contributed by atoms with Gasteiger partial charge in [0.15, 0.2) is 0 Å². The number of halogens is 3. The molecule has 508 valence electrons. The number of rotatable bonds is 30. The number of hydrogen-bond donors (Lipinski definition) is 7. The van der Waals surface area contributed by atoms with Crippen molar-refractivity contribution in [2.45, 2.75) is 174 Å². The van der Waals surface area contributed by atoms with Gasteiger partial charge < -0.3 is 55.4 Å². The number of aromatic nitrogens is 2. The molecule has 2 fully saturated rings. The van der Waals surface area contributed by atoms with Gasteiger partial charge in [0.05, 0.1) is 45.2 Å². The Labute approximate surface area is 562 Å². The Morgan fingerprint density at radius 2 is 1.47 bits per heavy atom. The Morgan fingerprint density at radius 3 is 2.06 bits per heavy atom. The van der Waals surface area contributed by atoms with Crippen molar-refractivity contribution < 1.29 is 66.3 Å². The summed E-state index contributed by atoms with van der Waals surface area (Å²) in [5.74, 6) is -3.34. The molecule has 5 heterocycles. The van der Waals surface area contributed by atoms with Crippen molar-refractivity contribution in [1.29, 1.82) is 0 Å². The first kappa shape index (κ1) is 73.0. The Bertz CT molecular complexity index is 3690. The quantitative estimate of drug-likeness (QED) is 0.0163. The molecule has 0 bridgehead atoms. The molecule has 2 aliphatic heterocycles. The summed E-state index contributed by atoms with van der Waals surface area (Å²) >= 11 is 5.94. The summed E-state index contributed by atoms with van der Waals surface area (Å²) in [6.07, 6.45) is 7.19. The highest BCUT2D eigenvalue weighted by Crippen LogP contribution is 2.59. The molecule has 0 saturated carbocycles. The van der Waals surface area contributed by atoms with Crippen molar-refractivity contribution in [2.24, 2.45) is 11.3 Å². The highest BCUT2D eigenvalue weighted by Gasteiger charge is 2.51. The number of β-amino-alcohol motifs (C(OH)–C–C–N with tert-alkyl or cyclic N) is 1. The molecule has 6 atom stereocenters. The van der Waals surface area contributed by atoms with E-state index in [1.165, 1.54) is 38.2 Å². The van der Waals surface area contributed by atoms with Crippen LogP contribution in [0.2, 0.25) is 0 Å². The zero-order valence-corrected chi connectivity index (χ0v) is 58.1. The lowest BCUT2D eigenvalue weighted by molar-refractivity contribution is -0.141. The van der Waals surface area contributed by atoms with E-state index in [0.29, 0.717) is 53.3 Å². The minimum atomic E-state index is -5.84. The lowest BCUT2D eigenvalue weighted by Gasteiger charge is -2.36. The van der Waals surface area contributed by atoms with E-state index in [4.69, 9.17) is 4.52 Å². The summed E-state index contributed by atoms with van der Waals surface area (Å²) < 4.78 is 47.4. The van der Waals surface area contributed by atoms with Crippen LogP contribution in [0.5, 0.6) is 0 Å². The van der Waals surface area contributed by atoms with Crippen molar-refractivity contribution in [3.63, 3.8) is 0 Å². The summed E-state index contributed by atoms with van der Waals surface area (Å²) in [7, 11) is -5.84. The molecule has 2 aliphatic rings. The SMILES string of the molecule is Cc1cc(C(C(=O)N2C[C@H](O)C[C@H]2C(=O)NC(CC(=O)NCCCCCCCCCCNC(=O)CCN(C(=O)C2CCCN2C(=O)C(NC(=O)c2cc3cc(C(F)(F)P(=O)(O)O)ccc3s2)C(C)(C)C)c2ccc(Br)cc2)c2ccc(-c3scnc3C)cc2)C(C)C)on1. The Kier molecular flexibility index (Phi) is 25.1. The summed E-state index contributed by atoms with van der Waals surface area (Å²) in [5.41, 5.74) is -0.702. The molecule has 4 unspecified atom stereocenters. The van der Waals surface area contributed by atoms with Crippen LogP contribution in [-0.4, -0.2) is 133 Å². The highest BCUT2D eigenvalue weighted by molar-refractivity contribution is 9.10. The van der Waals surface area contributed by atoms with E-state index in [1.807, 2.05) is 45.0 Å². The van der Waals surface area contributed by atoms with E-state index < -0.39 is 78.1 Å². The molecule has 2 saturated heterocycles. The van der Waals surface area contributed by atoms with E-state index in [-0.39, 0.29) is 78.7 Å². The van der Waals surface area contributed by atoms with Crippen LogP contribution in [-0.2, 0) is 39.0 Å². The number of thiazole rings is 1. The molecular weight excluding hydrogens is 1340 g/mol. The molecule has 8 rings (SSSR count). The number of nitrogens with zero attached hydrogens (tertiary/aromatic N) is 5. The van der Waals surface area contributed by atoms with Gasteiger partial charge in [-0.05, 0) is 110 Å². The lowest BCUT2D eigenvalue weighted by atomic mass is 9.85. The third-order valence-electron chi connectivity index (χ3n) is 17.2. The maximum Gasteiger partial charge on any atom is 0.399 e. The number of aliphatic hydroxyl groups excluding tert-OH is 1. The largest absolute Gasteiger partial charge is 0.399 e. The third kappa shape index (κ3) is 18.6. The third-order valence-corrected chi connectivity index (χ3v) is 20.8. The number of carbonyl (C=O) groups is 7. The maximum atomic E-state index is 14.6. The normalized spacial score (nSPS) is 17.1. The van der Waals surface area contributed by atoms with Crippen LogP contribution in [0.3, 0.4) is 0 Å². The molecule has 0 aliphatic carbocycles. The van der Waals surface area contributed by atoms with Gasteiger partial charge in [-0.1, -0.05) is 125 Å². The number of unbranched alkanes of at least 4 members (excludes halogenated alkanes) is 7. The van der Waals surface area contributed by atoms with E-state index >= 15 is 0 Å². The van der Waals surface area contributed by atoms with E-state index in [0.717, 1.165) is 95.4 Å². The fourth-order valence-corrected chi connectivity index (χ4v) is 14.5. The highest BCUT2D eigenvalue weighted by atomic mass is 79.9. The molecule has 27 heteroatoms. The standard InChI is InChI=1S/C67H85BrF2N9O12PS2/c1-40(2)58(53-33-41(3)76-91-53)64(86)79-38-49(80)36-52(79)61(83)74-50(43-18-20-44(21-19-43)59-42(4)73-39-93-59)37-57(82)72-30-15-13-11-9-8-10-12-14-29-71-56(81)28-32-77(48-25-23-47(68)24-26-48)63(85)51-17-16-31-78(51)65(87)60(66(5,6)7)75-62(84)55-35-45-34-46(22-27-54(45)94-55)67(69,70)92(88,89)90/h18-27,33-35,39-40,49-52,58,60,80H,8-17,28-32,36-38H2,1-7H3,(H,71,81)(H,72,82)(H,74,83)(H,75,84)(H2,88,89,90)/t49-,50?,51?,52+,58?,60?/m1/s1. The van der Waals surface area contributed by atoms with Crippen molar-refractivity contribution in [1.82, 2.24) is 41.2 Å². The molecule has 0 spiro atoms. The number of carbonyl (C=O) groups excluding carboxylic acids is 7. The smallest absolute Gasteiger partial charge is 0.391 e. The molecule has 3 aromatic carbocycles. The number of likely N-dealkylation sites (tertiary alicyclic amines) is 2. The predicted molar refractivity (Wildman–Crippen MR) is 360 cm³/mol. The molecule has 6 aromatic rings. The minimum absolute atomic E-state index is 0.00378. The van der Waals surface area contributed by atoms with E-state index in [9.17, 15) is 61.8 Å². The fourth-order valence-electron chi connectivity index (χ4n) is 12.0. The molecule has 7 N–H and O–H groups in total. The van der Waals surface area contributed by atoms with Crippen LogP contribution in [0, 0.1) is 25.2 Å². The Balaban J connectivity index is 0.762. The average Bonchev–Trinajstić information content (AvgIpc) is 1.50. The molecule has 7 amide bonds. The minimum Gasteiger partial charge on any atom is -0.391 e. The first-order chi connectivity index (χ1) is 44.5. The topological polar surface area (TPSA) is 294 Å². The summed E-state index contributed by atoms with van der Waals surface area (Å²) in [6.45, 7) is 13.9. The van der Waals surface area contributed by atoms with Gasteiger partial charge in [-0.2, -0.15) is 8.78 Å². The summed E-state index contributed by atoms with van der Waals surface area (Å²) in [6, 6.07) is 17.1. The number of benzene rings is 3. The average molecular weight is 1420 g/mol. The number of thiophene rings is 1. The molecule has 21 nitrogen and oxygen atoms in total. The van der Waals surface area contributed by atoms with Crippen LogP contribution in [0.15, 0.2) is 93.4 Å². The van der Waals surface area contributed by atoms with Crippen molar-refractivity contribution in [3.8, 4) is 10.4 Å². The molecule has 94 heavy (non-hydrogen) atoms. The van der Waals surface area contributed by atoms with Crippen LogP contribution in [0.4, 0.5) is 14.5 Å². The number of hydrogen-bond acceptors (Lipinski definition) is 14. The number of aryl methyl sites for hydroxylation is 2. The molecular formula is C67H85BrF2N9O12PS2. The monoisotopic (exact) mass is 1420 g/mol. The van der Waals surface area contributed by atoms with Crippen LogP contribution >= 0.6 is 46.2 Å². The predicted octanol–water partition coefficient (Wildman–Crippen LogP) is 11.2. The Morgan fingerprint density at radius 1 is 0.819 bits per heavy atom. The van der Waals surface area contributed by atoms with Crippen molar-refractivity contribution >= 4 is 103 Å². The molecule has 3 aromatic heterocycles. The van der Waals surface area contributed by atoms with Crippen molar-refractivity contribution in [3.05, 3.63) is 122 Å². The second-order valence-corrected chi connectivity index (χ2v) is 30.3. The van der Waals surface area contributed by atoms with E-state index in [1.54, 1.807) is 63.5 Å². The number of aliphatic hydroxyl groups is 1. The lowest BCUT2D eigenvalue weighted by Crippen LogP contribution is -2.58. The number of anilines is 1. The summed E-state index contributed by atoms with van der Waals surface area (Å²) in [4.78, 5) is 127. The molecule has 0 radical (unpaired) electrons. The van der Waals surface area contributed by atoms with Gasteiger partial charge in [0.25, 0.3) is 5.91 Å². The van der Waals surface area contributed by atoms with Gasteiger partial charge >= 0.3 is 13.3 Å². The number of nitrogens with one attached hydrogen (secondary N) is 4. The summed E-state index contributed by atoms with van der Waals surface area (Å²) in [5, 5.41) is 26.9. The number of amides is 7.